The highest BCUT2D eigenvalue weighted by molar-refractivity contribution is 5.66. The van der Waals surface area contributed by atoms with Crippen molar-refractivity contribution in [3.05, 3.63) is 35.9 Å². The average molecular weight is 276 g/mol. The van der Waals surface area contributed by atoms with Gasteiger partial charge in [-0.15, -0.1) is 0 Å². The first-order valence-corrected chi connectivity index (χ1v) is 6.71. The molecule has 0 radical (unpaired) electrons. The lowest BCUT2D eigenvalue weighted by molar-refractivity contribution is -0.147. The minimum absolute atomic E-state index is 0.0625. The van der Waals surface area contributed by atoms with E-state index >= 15 is 0 Å². The van der Waals surface area contributed by atoms with E-state index in [1.165, 1.54) is 6.92 Å². The van der Waals surface area contributed by atoms with E-state index in [-0.39, 0.29) is 18.0 Å². The van der Waals surface area contributed by atoms with Crippen LogP contribution in [0.1, 0.15) is 31.2 Å². The summed E-state index contributed by atoms with van der Waals surface area (Å²) in [6.07, 6.45) is 5.88. The third-order valence-electron chi connectivity index (χ3n) is 3.47. The van der Waals surface area contributed by atoms with Gasteiger partial charge in [0.05, 0.1) is 14.2 Å². The maximum absolute atomic E-state index is 11.2. The summed E-state index contributed by atoms with van der Waals surface area (Å²) >= 11 is 0. The number of esters is 1. The van der Waals surface area contributed by atoms with Crippen LogP contribution in [0.4, 0.5) is 0 Å². The van der Waals surface area contributed by atoms with Crippen LogP contribution >= 0.6 is 0 Å². The van der Waals surface area contributed by atoms with Crippen LogP contribution in [0.5, 0.6) is 11.5 Å². The van der Waals surface area contributed by atoms with Gasteiger partial charge in [-0.1, -0.05) is 18.2 Å². The van der Waals surface area contributed by atoms with Gasteiger partial charge >= 0.3 is 5.97 Å². The minimum Gasteiger partial charge on any atom is -0.493 e. The van der Waals surface area contributed by atoms with E-state index in [9.17, 15) is 4.79 Å². The molecule has 0 saturated carbocycles. The first-order valence-electron chi connectivity index (χ1n) is 6.71. The number of benzene rings is 1. The van der Waals surface area contributed by atoms with Gasteiger partial charge in [-0.05, 0) is 30.5 Å². The zero-order chi connectivity index (χ0) is 14.5. The van der Waals surface area contributed by atoms with Gasteiger partial charge < -0.3 is 14.2 Å². The highest BCUT2D eigenvalue weighted by atomic mass is 16.5. The Kier molecular flexibility index (Phi) is 4.66. The summed E-state index contributed by atoms with van der Waals surface area (Å²) in [7, 11) is 3.22. The summed E-state index contributed by atoms with van der Waals surface area (Å²) in [6.45, 7) is 1.45. The van der Waals surface area contributed by atoms with Crippen LogP contribution in [0.25, 0.3) is 0 Å². The molecule has 1 aliphatic carbocycles. The zero-order valence-electron chi connectivity index (χ0n) is 12.1. The number of rotatable bonds is 4. The van der Waals surface area contributed by atoms with E-state index in [1.807, 2.05) is 18.2 Å². The molecular weight excluding hydrogens is 256 g/mol. The maximum Gasteiger partial charge on any atom is 0.302 e. The van der Waals surface area contributed by atoms with Gasteiger partial charge in [0.2, 0.25) is 0 Å². The molecule has 108 valence electrons. The molecule has 0 bridgehead atoms. The standard InChI is InChI=1S/C16H20O4/c1-11(17)20-14-7-5-4-6-13(14)12-8-9-15(18-2)16(10-12)19-3/h4,6,8-10,13-14H,5,7H2,1-3H3/t13-,14+/m1/s1. The molecule has 0 fully saturated rings. The number of hydrogen-bond acceptors (Lipinski definition) is 4. The quantitative estimate of drug-likeness (QED) is 0.626. The summed E-state index contributed by atoms with van der Waals surface area (Å²) in [4.78, 5) is 11.2. The van der Waals surface area contributed by atoms with Crippen LogP contribution in [0.3, 0.4) is 0 Å². The van der Waals surface area contributed by atoms with Crippen molar-refractivity contribution < 1.29 is 19.0 Å². The molecule has 1 aromatic rings. The monoisotopic (exact) mass is 276 g/mol. The molecule has 0 spiro atoms. The number of ether oxygens (including phenoxy) is 3. The highest BCUT2D eigenvalue weighted by Gasteiger charge is 2.26. The van der Waals surface area contributed by atoms with Crippen molar-refractivity contribution in [3.8, 4) is 11.5 Å². The van der Waals surface area contributed by atoms with E-state index in [0.717, 1.165) is 18.4 Å². The normalized spacial score (nSPS) is 21.4. The SMILES string of the molecule is COc1ccc([C@H]2C=CCC[C@@H]2OC(C)=O)cc1OC. The Hall–Kier alpha value is -1.97. The molecular formula is C16H20O4. The van der Waals surface area contributed by atoms with Gasteiger partial charge in [0.15, 0.2) is 11.5 Å². The molecule has 0 saturated heterocycles. The molecule has 1 aromatic carbocycles. The molecule has 0 N–H and O–H groups in total. The van der Waals surface area contributed by atoms with Gasteiger partial charge in [-0.3, -0.25) is 4.79 Å². The summed E-state index contributed by atoms with van der Waals surface area (Å²) in [5, 5.41) is 0. The van der Waals surface area contributed by atoms with Gasteiger partial charge in [0.1, 0.15) is 6.10 Å². The second-order valence-electron chi connectivity index (χ2n) is 4.79. The van der Waals surface area contributed by atoms with E-state index < -0.39 is 0 Å². The number of carbonyl (C=O) groups is 1. The van der Waals surface area contributed by atoms with E-state index in [1.54, 1.807) is 14.2 Å². The third-order valence-corrected chi connectivity index (χ3v) is 3.47. The Bertz CT molecular complexity index is 507. The lowest BCUT2D eigenvalue weighted by Gasteiger charge is -2.27. The second-order valence-corrected chi connectivity index (χ2v) is 4.79. The van der Waals surface area contributed by atoms with Crippen LogP contribution in [-0.2, 0) is 9.53 Å². The van der Waals surface area contributed by atoms with Crippen molar-refractivity contribution in [1.82, 2.24) is 0 Å². The first kappa shape index (κ1) is 14.4. The smallest absolute Gasteiger partial charge is 0.302 e. The first-order chi connectivity index (χ1) is 9.65. The molecule has 2 rings (SSSR count). The Morgan fingerprint density at radius 1 is 1.20 bits per heavy atom. The molecule has 4 nitrogen and oxygen atoms in total. The van der Waals surface area contributed by atoms with Crippen molar-refractivity contribution in [2.75, 3.05) is 14.2 Å². The van der Waals surface area contributed by atoms with Crippen LogP contribution in [-0.4, -0.2) is 26.3 Å². The molecule has 1 aliphatic rings. The van der Waals surface area contributed by atoms with Crippen molar-refractivity contribution >= 4 is 5.97 Å². The van der Waals surface area contributed by atoms with Crippen LogP contribution in [0, 0.1) is 0 Å². The van der Waals surface area contributed by atoms with Crippen molar-refractivity contribution in [2.24, 2.45) is 0 Å². The third kappa shape index (κ3) is 3.13. The number of hydrogen-bond donors (Lipinski definition) is 0. The predicted octanol–water partition coefficient (Wildman–Crippen LogP) is 3.07. The van der Waals surface area contributed by atoms with Gasteiger partial charge in [0.25, 0.3) is 0 Å². The lowest BCUT2D eigenvalue weighted by Crippen LogP contribution is -2.25. The van der Waals surface area contributed by atoms with Crippen LogP contribution < -0.4 is 9.47 Å². The molecule has 20 heavy (non-hydrogen) atoms. The number of carbonyl (C=O) groups excluding carboxylic acids is 1. The summed E-state index contributed by atoms with van der Waals surface area (Å²) in [6, 6.07) is 5.80. The average Bonchev–Trinajstić information content (AvgIpc) is 2.46. The maximum atomic E-state index is 11.2. The van der Waals surface area contributed by atoms with Crippen molar-refractivity contribution in [2.45, 2.75) is 31.8 Å². The summed E-state index contributed by atoms with van der Waals surface area (Å²) in [5.74, 6) is 1.20. The molecule has 0 aliphatic heterocycles. The minimum atomic E-state index is -0.240. The van der Waals surface area contributed by atoms with E-state index in [0.29, 0.717) is 11.5 Å². The fraction of sp³-hybridized carbons (Fsp3) is 0.438. The Labute approximate surface area is 119 Å². The van der Waals surface area contributed by atoms with Crippen LogP contribution in [0.15, 0.2) is 30.4 Å². The molecule has 2 atom stereocenters. The number of allylic oxidation sites excluding steroid dienone is 1. The van der Waals surface area contributed by atoms with Crippen LogP contribution in [0.2, 0.25) is 0 Å². The molecule has 4 heteroatoms. The highest BCUT2D eigenvalue weighted by Crippen LogP contribution is 2.35. The van der Waals surface area contributed by atoms with Crippen molar-refractivity contribution in [1.29, 1.82) is 0 Å². The molecule has 0 heterocycles. The van der Waals surface area contributed by atoms with Gasteiger partial charge in [0, 0.05) is 12.8 Å². The lowest BCUT2D eigenvalue weighted by atomic mass is 9.86. The zero-order valence-corrected chi connectivity index (χ0v) is 12.1. The van der Waals surface area contributed by atoms with E-state index in [4.69, 9.17) is 14.2 Å². The molecule has 0 unspecified atom stereocenters. The fourth-order valence-corrected chi connectivity index (χ4v) is 2.54. The summed E-state index contributed by atoms with van der Waals surface area (Å²) < 4.78 is 16.0. The second kappa shape index (κ2) is 6.46. The largest absolute Gasteiger partial charge is 0.493 e. The number of methoxy groups -OCH3 is 2. The van der Waals surface area contributed by atoms with E-state index in [2.05, 4.69) is 12.2 Å². The Morgan fingerprint density at radius 2 is 1.95 bits per heavy atom. The molecule has 0 amide bonds. The topological polar surface area (TPSA) is 44.8 Å². The Balaban J connectivity index is 2.30. The predicted molar refractivity (Wildman–Crippen MR) is 76.2 cm³/mol. The van der Waals surface area contributed by atoms with Crippen molar-refractivity contribution in [3.63, 3.8) is 0 Å². The Morgan fingerprint density at radius 3 is 2.60 bits per heavy atom. The summed E-state index contributed by atoms with van der Waals surface area (Å²) in [5.41, 5.74) is 1.06. The van der Waals surface area contributed by atoms with Gasteiger partial charge in [-0.2, -0.15) is 0 Å². The molecule has 0 aromatic heterocycles. The van der Waals surface area contributed by atoms with Gasteiger partial charge in [-0.25, -0.2) is 0 Å². The fourth-order valence-electron chi connectivity index (χ4n) is 2.54.